The van der Waals surface area contributed by atoms with Crippen molar-refractivity contribution >= 4 is 35.0 Å². The van der Waals surface area contributed by atoms with E-state index in [0.717, 1.165) is 62.0 Å². The molecule has 0 aromatic heterocycles. The van der Waals surface area contributed by atoms with Crippen LogP contribution in [0.15, 0.2) is 35.2 Å². The predicted molar refractivity (Wildman–Crippen MR) is 140 cm³/mol. The van der Waals surface area contributed by atoms with Crippen molar-refractivity contribution in [3.8, 4) is 0 Å². The summed E-state index contributed by atoms with van der Waals surface area (Å²) in [5.41, 5.74) is 0.307. The van der Waals surface area contributed by atoms with Crippen molar-refractivity contribution in [3.05, 3.63) is 58.4 Å². The number of nitrogens with one attached hydrogen (secondary N) is 1. The second-order valence-electron chi connectivity index (χ2n) is 10.0. The molecular weight excluding hydrogens is 525 g/mol. The van der Waals surface area contributed by atoms with E-state index in [4.69, 9.17) is 21.1 Å². The number of halogens is 4. The Morgan fingerprint density at radius 3 is 2.57 bits per heavy atom. The Morgan fingerprint density at radius 2 is 1.92 bits per heavy atom. The number of morpholine rings is 1. The molecule has 37 heavy (non-hydrogen) atoms. The lowest BCUT2D eigenvalue weighted by atomic mass is 9.91. The number of ether oxygens (including phenoxy) is 2. The maximum absolute atomic E-state index is 13.5. The highest BCUT2D eigenvalue weighted by Crippen LogP contribution is 2.58. The van der Waals surface area contributed by atoms with E-state index in [1.165, 1.54) is 6.07 Å². The molecule has 1 heterocycles. The van der Waals surface area contributed by atoms with Crippen molar-refractivity contribution in [2.24, 2.45) is 17.3 Å². The largest absolute Gasteiger partial charge is 0.380 e. The van der Waals surface area contributed by atoms with Gasteiger partial charge in [0.05, 0.1) is 31.5 Å². The van der Waals surface area contributed by atoms with E-state index in [1.807, 2.05) is 0 Å². The second kappa shape index (κ2) is 12.4. The quantitative estimate of drug-likeness (QED) is 0.205. The Balaban J connectivity index is 1.36. The van der Waals surface area contributed by atoms with Crippen LogP contribution in [0.5, 0.6) is 0 Å². The summed E-state index contributed by atoms with van der Waals surface area (Å²) in [6.45, 7) is 10.2. The van der Waals surface area contributed by atoms with Gasteiger partial charge in [0.25, 0.3) is 5.91 Å². The molecular formula is C27H32ClF3N2O3S. The highest BCUT2D eigenvalue weighted by molar-refractivity contribution is 7.99. The smallest absolute Gasteiger partial charge is 0.255 e. The van der Waals surface area contributed by atoms with Crippen LogP contribution in [0.2, 0.25) is 5.02 Å². The molecule has 1 saturated heterocycles. The molecule has 3 unspecified atom stereocenters. The summed E-state index contributed by atoms with van der Waals surface area (Å²) in [4.78, 5) is 15.8. The zero-order valence-electron chi connectivity index (χ0n) is 21.0. The predicted octanol–water partition coefficient (Wildman–Crippen LogP) is 6.11. The molecule has 3 atom stereocenters. The van der Waals surface area contributed by atoms with Gasteiger partial charge in [0.15, 0.2) is 17.5 Å². The van der Waals surface area contributed by atoms with Crippen molar-refractivity contribution in [2.75, 3.05) is 57.1 Å². The van der Waals surface area contributed by atoms with Crippen molar-refractivity contribution < 1.29 is 27.4 Å². The summed E-state index contributed by atoms with van der Waals surface area (Å²) >= 11 is 8.00. The van der Waals surface area contributed by atoms with E-state index < -0.39 is 23.4 Å². The molecule has 0 radical (unpaired) electrons. The number of carbonyl (C=O) groups excluding carboxylic acids is 1. The number of nitrogens with zero attached hydrogens (tertiary/aromatic N) is 1. The average molecular weight is 557 g/mol. The standard InChI is InChI=1S/C27H32ClF3N2O3S/c1-17-14-27(17,2)19(15-36-10-7-33-5-8-35-9-6-33)16-37-24-11-18(3-4-21(24)28)26(34)32-20-12-22(29)25(31)23(30)13-20/h3-4,11-13,17,19H,5-10,14-16H2,1-2H3,(H,32,34). The highest BCUT2D eigenvalue weighted by Gasteiger charge is 2.51. The molecule has 2 aromatic rings. The molecule has 1 aliphatic heterocycles. The average Bonchev–Trinajstić information content (AvgIpc) is 3.50. The number of thioether (sulfide) groups is 1. The lowest BCUT2D eigenvalue weighted by Crippen LogP contribution is -2.38. The molecule has 0 bridgehead atoms. The zero-order valence-corrected chi connectivity index (χ0v) is 22.6. The molecule has 202 valence electrons. The van der Waals surface area contributed by atoms with Crippen LogP contribution in [0.4, 0.5) is 18.9 Å². The third kappa shape index (κ3) is 7.20. The van der Waals surface area contributed by atoms with Crippen molar-refractivity contribution in [3.63, 3.8) is 0 Å². The van der Waals surface area contributed by atoms with E-state index in [1.54, 1.807) is 23.9 Å². The van der Waals surface area contributed by atoms with Gasteiger partial charge in [0.1, 0.15) is 0 Å². The normalized spacial score (nSPS) is 22.6. The van der Waals surface area contributed by atoms with Crippen LogP contribution in [0.3, 0.4) is 0 Å². The Morgan fingerprint density at radius 1 is 1.24 bits per heavy atom. The summed E-state index contributed by atoms with van der Waals surface area (Å²) in [6.07, 6.45) is 1.14. The molecule has 2 aliphatic rings. The lowest BCUT2D eigenvalue weighted by Gasteiger charge is -2.28. The van der Waals surface area contributed by atoms with Gasteiger partial charge in [-0.25, -0.2) is 13.2 Å². The Hall–Kier alpha value is -1.78. The summed E-state index contributed by atoms with van der Waals surface area (Å²) < 4.78 is 51.8. The van der Waals surface area contributed by atoms with Gasteiger partial charge in [-0.15, -0.1) is 11.8 Å². The van der Waals surface area contributed by atoms with E-state index >= 15 is 0 Å². The van der Waals surface area contributed by atoms with Crippen molar-refractivity contribution in [1.29, 1.82) is 0 Å². The van der Waals surface area contributed by atoms with E-state index in [-0.39, 0.29) is 16.7 Å². The highest BCUT2D eigenvalue weighted by atomic mass is 35.5. The number of anilines is 1. The monoisotopic (exact) mass is 556 g/mol. The first kappa shape index (κ1) is 28.2. The fourth-order valence-corrected chi connectivity index (χ4v) is 6.17. The number of amides is 1. The molecule has 0 spiro atoms. The number of benzene rings is 2. The van der Waals surface area contributed by atoms with Crippen molar-refractivity contribution in [2.45, 2.75) is 25.2 Å². The summed E-state index contributed by atoms with van der Waals surface area (Å²) in [7, 11) is 0. The second-order valence-corrected chi connectivity index (χ2v) is 11.5. The molecule has 10 heteroatoms. The number of hydrogen-bond donors (Lipinski definition) is 1. The van der Waals surface area contributed by atoms with Gasteiger partial charge >= 0.3 is 0 Å². The van der Waals surface area contributed by atoms with E-state index in [0.29, 0.717) is 30.1 Å². The summed E-state index contributed by atoms with van der Waals surface area (Å²) in [6, 6.07) is 6.30. The molecule has 1 amide bonds. The molecule has 1 saturated carbocycles. The van der Waals surface area contributed by atoms with Crippen LogP contribution in [0, 0.1) is 34.7 Å². The van der Waals surface area contributed by atoms with Gasteiger partial charge in [0, 0.05) is 53.7 Å². The molecule has 2 fully saturated rings. The fraction of sp³-hybridized carbons (Fsp3) is 0.519. The van der Waals surface area contributed by atoms with E-state index in [9.17, 15) is 18.0 Å². The van der Waals surface area contributed by atoms with Crippen LogP contribution in [0.25, 0.3) is 0 Å². The van der Waals surface area contributed by atoms with Gasteiger partial charge < -0.3 is 14.8 Å². The van der Waals surface area contributed by atoms with Gasteiger partial charge in [-0.1, -0.05) is 25.4 Å². The van der Waals surface area contributed by atoms with Crippen molar-refractivity contribution in [1.82, 2.24) is 4.90 Å². The summed E-state index contributed by atoms with van der Waals surface area (Å²) in [5.74, 6) is -3.19. The van der Waals surface area contributed by atoms with Crippen LogP contribution < -0.4 is 5.32 Å². The van der Waals surface area contributed by atoms with Crippen LogP contribution in [0.1, 0.15) is 30.6 Å². The maximum atomic E-state index is 13.5. The Labute approximate surface area is 225 Å². The molecule has 1 N–H and O–H groups in total. The third-order valence-electron chi connectivity index (χ3n) is 7.49. The van der Waals surface area contributed by atoms with Gasteiger partial charge in [-0.2, -0.15) is 0 Å². The van der Waals surface area contributed by atoms with Gasteiger partial charge in [-0.05, 0) is 41.9 Å². The van der Waals surface area contributed by atoms with Gasteiger partial charge in [-0.3, -0.25) is 9.69 Å². The van der Waals surface area contributed by atoms with Crippen LogP contribution in [-0.4, -0.2) is 62.6 Å². The molecule has 2 aromatic carbocycles. The first-order valence-corrected chi connectivity index (χ1v) is 13.8. The van der Waals surface area contributed by atoms with Gasteiger partial charge in [0.2, 0.25) is 0 Å². The minimum atomic E-state index is -1.58. The SMILES string of the molecule is CC1CC1(C)C(COCCN1CCOCC1)CSc1cc(C(=O)Nc2cc(F)c(F)c(F)c2)ccc1Cl. The number of carbonyl (C=O) groups is 1. The minimum Gasteiger partial charge on any atom is -0.380 e. The minimum absolute atomic E-state index is 0.171. The molecule has 4 rings (SSSR count). The fourth-order valence-electron chi connectivity index (χ4n) is 4.62. The lowest BCUT2D eigenvalue weighted by molar-refractivity contribution is 0.0127. The third-order valence-corrected chi connectivity index (χ3v) is 9.15. The topological polar surface area (TPSA) is 50.8 Å². The number of hydrogen-bond acceptors (Lipinski definition) is 5. The first-order valence-electron chi connectivity index (χ1n) is 12.4. The Bertz CT molecular complexity index is 1100. The van der Waals surface area contributed by atoms with Crippen LogP contribution >= 0.6 is 23.4 Å². The summed E-state index contributed by atoms with van der Waals surface area (Å²) in [5, 5.41) is 2.93. The van der Waals surface area contributed by atoms with Crippen LogP contribution in [-0.2, 0) is 9.47 Å². The maximum Gasteiger partial charge on any atom is 0.255 e. The zero-order chi connectivity index (χ0) is 26.6. The molecule has 5 nitrogen and oxygen atoms in total. The first-order chi connectivity index (χ1) is 17.7. The Kier molecular flexibility index (Phi) is 9.45. The van der Waals surface area contributed by atoms with E-state index in [2.05, 4.69) is 24.1 Å². The number of rotatable bonds is 11. The molecule has 1 aliphatic carbocycles.